The van der Waals surface area contributed by atoms with Crippen molar-refractivity contribution in [2.75, 3.05) is 6.61 Å². The summed E-state index contributed by atoms with van der Waals surface area (Å²) in [6, 6.07) is 0. The Balaban J connectivity index is 0. The van der Waals surface area contributed by atoms with Crippen molar-refractivity contribution >= 4 is 5.78 Å². The maximum absolute atomic E-state index is 11.7. The fourth-order valence-corrected chi connectivity index (χ4v) is 0.111. The van der Waals surface area contributed by atoms with Crippen LogP contribution in [-0.2, 0) is 4.79 Å². The fourth-order valence-electron chi connectivity index (χ4n) is 0.111. The Morgan fingerprint density at radius 3 is 1.80 bits per heavy atom. The van der Waals surface area contributed by atoms with Crippen LogP contribution in [0.3, 0.4) is 0 Å². The van der Waals surface area contributed by atoms with Gasteiger partial charge in [-0.2, -0.15) is 8.78 Å². The van der Waals surface area contributed by atoms with Crippen molar-refractivity contribution in [2.45, 2.75) is 26.7 Å². The van der Waals surface area contributed by atoms with E-state index in [1.165, 1.54) is 0 Å². The van der Waals surface area contributed by atoms with Crippen LogP contribution in [0.5, 0.6) is 0 Å². The van der Waals surface area contributed by atoms with Crippen LogP contribution >= 0.6 is 0 Å². The molecule has 4 heteroatoms. The first-order valence-corrected chi connectivity index (χ1v) is 3.00. The number of aliphatic hydroxyl groups excluding tert-OH is 1. The molecule has 10 heavy (non-hydrogen) atoms. The molecular formula is C6H12F2O2. The highest BCUT2D eigenvalue weighted by Gasteiger charge is 2.33. The first-order chi connectivity index (χ1) is 4.50. The van der Waals surface area contributed by atoms with Crippen LogP contribution in [0.4, 0.5) is 8.78 Å². The van der Waals surface area contributed by atoms with Gasteiger partial charge in [0.05, 0.1) is 0 Å². The van der Waals surface area contributed by atoms with Gasteiger partial charge in [-0.3, -0.25) is 4.79 Å². The number of carbonyl (C=O) groups excluding carboxylic acids is 1. The van der Waals surface area contributed by atoms with Crippen LogP contribution in [0.25, 0.3) is 0 Å². The molecule has 0 aliphatic carbocycles. The average Bonchev–Trinajstić information content (AvgIpc) is 1.92. The summed E-state index contributed by atoms with van der Waals surface area (Å²) in [5, 5.41) is 7.79. The molecule has 0 heterocycles. The van der Waals surface area contributed by atoms with E-state index < -0.39 is 18.3 Å². The van der Waals surface area contributed by atoms with Gasteiger partial charge < -0.3 is 5.11 Å². The highest BCUT2D eigenvalue weighted by molar-refractivity contribution is 5.83. The van der Waals surface area contributed by atoms with Crippen LogP contribution in [0.15, 0.2) is 0 Å². The van der Waals surface area contributed by atoms with E-state index in [-0.39, 0.29) is 0 Å². The van der Waals surface area contributed by atoms with Crippen molar-refractivity contribution in [1.82, 2.24) is 0 Å². The number of aliphatic hydroxyl groups is 1. The number of alkyl halides is 2. The van der Waals surface area contributed by atoms with Crippen LogP contribution in [0.2, 0.25) is 0 Å². The van der Waals surface area contributed by atoms with Gasteiger partial charge >= 0.3 is 5.92 Å². The summed E-state index contributed by atoms with van der Waals surface area (Å²) in [4.78, 5) is 9.79. The van der Waals surface area contributed by atoms with E-state index in [2.05, 4.69) is 0 Å². The number of halogens is 2. The summed E-state index contributed by atoms with van der Waals surface area (Å²) in [6.45, 7) is 3.33. The zero-order chi connectivity index (χ0) is 8.78. The molecule has 0 rings (SSSR count). The molecule has 0 atom stereocenters. The maximum Gasteiger partial charge on any atom is 0.327 e. The summed E-state index contributed by atoms with van der Waals surface area (Å²) < 4.78 is 23.4. The molecule has 0 aliphatic heterocycles. The minimum absolute atomic E-state index is 0.732. The van der Waals surface area contributed by atoms with Gasteiger partial charge in [-0.05, 0) is 0 Å². The number of hydrogen-bond acceptors (Lipinski definition) is 2. The van der Waals surface area contributed by atoms with E-state index in [9.17, 15) is 13.6 Å². The fraction of sp³-hybridized carbons (Fsp3) is 0.833. The highest BCUT2D eigenvalue weighted by atomic mass is 19.3. The van der Waals surface area contributed by atoms with E-state index in [4.69, 9.17) is 5.11 Å². The summed E-state index contributed by atoms with van der Waals surface area (Å²) >= 11 is 0. The second kappa shape index (κ2) is 5.29. The van der Waals surface area contributed by atoms with Gasteiger partial charge in [0, 0.05) is 6.92 Å². The molecule has 0 saturated carbocycles. The number of hydrogen-bond donors (Lipinski definition) is 1. The van der Waals surface area contributed by atoms with E-state index in [1.54, 1.807) is 0 Å². The van der Waals surface area contributed by atoms with Crippen molar-refractivity contribution in [2.24, 2.45) is 0 Å². The molecule has 2 nitrogen and oxygen atoms in total. The molecule has 0 aromatic carbocycles. The quantitative estimate of drug-likeness (QED) is 0.649. The molecular weight excluding hydrogens is 142 g/mol. The third-order valence-electron chi connectivity index (χ3n) is 0.714. The molecule has 0 bridgehead atoms. The van der Waals surface area contributed by atoms with E-state index >= 15 is 0 Å². The van der Waals surface area contributed by atoms with Crippen LogP contribution < -0.4 is 0 Å². The molecule has 0 aliphatic rings. The second-order valence-corrected chi connectivity index (χ2v) is 1.42. The van der Waals surface area contributed by atoms with Gasteiger partial charge in [0.1, 0.15) is 6.61 Å². The van der Waals surface area contributed by atoms with Gasteiger partial charge in [0.15, 0.2) is 0 Å². The van der Waals surface area contributed by atoms with Crippen molar-refractivity contribution in [3.8, 4) is 0 Å². The average molecular weight is 154 g/mol. The number of ketones is 1. The lowest BCUT2D eigenvalue weighted by molar-refractivity contribution is -0.145. The Morgan fingerprint density at radius 2 is 1.80 bits per heavy atom. The largest absolute Gasteiger partial charge is 0.390 e. The van der Waals surface area contributed by atoms with Gasteiger partial charge in [-0.1, -0.05) is 13.8 Å². The predicted molar refractivity (Wildman–Crippen MR) is 34.1 cm³/mol. The molecule has 0 fully saturated rings. The van der Waals surface area contributed by atoms with Crippen LogP contribution in [0, 0.1) is 0 Å². The summed E-state index contributed by atoms with van der Waals surface area (Å²) in [7, 11) is 0. The third kappa shape index (κ3) is 4.38. The third-order valence-corrected chi connectivity index (χ3v) is 0.714. The molecule has 62 valence electrons. The van der Waals surface area contributed by atoms with Crippen molar-refractivity contribution < 1.29 is 18.7 Å². The minimum Gasteiger partial charge on any atom is -0.390 e. The number of carbonyl (C=O) groups is 1. The summed E-state index contributed by atoms with van der Waals surface area (Å²) in [6.07, 6.45) is 0. The Kier molecular flexibility index (Phi) is 6.45. The minimum atomic E-state index is -3.54. The molecule has 0 saturated heterocycles. The lowest BCUT2D eigenvalue weighted by atomic mass is 10.3. The zero-order valence-electron chi connectivity index (χ0n) is 6.32. The molecule has 0 radical (unpaired) electrons. The van der Waals surface area contributed by atoms with Gasteiger partial charge in [-0.25, -0.2) is 0 Å². The first kappa shape index (κ1) is 12.2. The molecule has 0 spiro atoms. The van der Waals surface area contributed by atoms with Crippen molar-refractivity contribution in [3.63, 3.8) is 0 Å². The van der Waals surface area contributed by atoms with E-state index in [0.717, 1.165) is 6.92 Å². The normalized spacial score (nSPS) is 9.80. The summed E-state index contributed by atoms with van der Waals surface area (Å²) in [5.41, 5.74) is 0. The lowest BCUT2D eigenvalue weighted by Gasteiger charge is -2.06. The first-order valence-electron chi connectivity index (χ1n) is 3.00. The zero-order valence-corrected chi connectivity index (χ0v) is 6.32. The number of Topliss-reactive ketones (excluding diaryl/α,β-unsaturated/α-hetero) is 1. The monoisotopic (exact) mass is 154 g/mol. The van der Waals surface area contributed by atoms with Gasteiger partial charge in [0.25, 0.3) is 0 Å². The lowest BCUT2D eigenvalue weighted by Crippen LogP contribution is -2.29. The standard InChI is InChI=1S/C4H6F2O2.C2H6/c1-3(8)4(5,6)2-7;1-2/h7H,2H2,1H3;1-2H3. The molecule has 1 N–H and O–H groups in total. The highest BCUT2D eigenvalue weighted by Crippen LogP contribution is 2.11. The van der Waals surface area contributed by atoms with E-state index in [1.807, 2.05) is 13.8 Å². The smallest absolute Gasteiger partial charge is 0.327 e. The molecule has 0 aromatic rings. The predicted octanol–water partition coefficient (Wildman–Crippen LogP) is 1.23. The molecule has 0 aromatic heterocycles. The Morgan fingerprint density at radius 1 is 1.50 bits per heavy atom. The summed E-state index contributed by atoms with van der Waals surface area (Å²) in [5.74, 6) is -4.85. The molecule has 0 unspecified atom stereocenters. The van der Waals surface area contributed by atoms with Gasteiger partial charge in [-0.15, -0.1) is 0 Å². The second-order valence-electron chi connectivity index (χ2n) is 1.42. The Hall–Kier alpha value is -0.510. The molecule has 0 amide bonds. The topological polar surface area (TPSA) is 37.3 Å². The SMILES string of the molecule is CC.CC(=O)C(F)(F)CO. The van der Waals surface area contributed by atoms with Crippen molar-refractivity contribution in [1.29, 1.82) is 0 Å². The van der Waals surface area contributed by atoms with E-state index in [0.29, 0.717) is 0 Å². The van der Waals surface area contributed by atoms with Crippen molar-refractivity contribution in [3.05, 3.63) is 0 Å². The Labute approximate surface area is 58.9 Å². The number of rotatable bonds is 2. The Bertz CT molecular complexity index is 102. The van der Waals surface area contributed by atoms with Gasteiger partial charge in [0.2, 0.25) is 5.78 Å². The van der Waals surface area contributed by atoms with Crippen LogP contribution in [0.1, 0.15) is 20.8 Å². The maximum atomic E-state index is 11.7. The van der Waals surface area contributed by atoms with Crippen LogP contribution in [-0.4, -0.2) is 23.4 Å².